The van der Waals surface area contributed by atoms with Gasteiger partial charge in [0, 0.05) is 0 Å². The Morgan fingerprint density at radius 2 is 0.756 bits per heavy atom. The van der Waals surface area contributed by atoms with Gasteiger partial charge >= 0.3 is 0 Å². The lowest BCUT2D eigenvalue weighted by Crippen LogP contribution is -2.05. The van der Waals surface area contributed by atoms with E-state index in [1.807, 2.05) is 30.4 Å². The molecule has 0 amide bonds. The molecule has 0 saturated heterocycles. The first-order chi connectivity index (χ1) is 22.2. The van der Waals surface area contributed by atoms with Crippen LogP contribution >= 0.6 is 0 Å². The van der Waals surface area contributed by atoms with Crippen LogP contribution in [0.25, 0.3) is 55.7 Å². The third kappa shape index (κ3) is 6.61. The van der Waals surface area contributed by atoms with Crippen molar-refractivity contribution < 1.29 is 0 Å². The van der Waals surface area contributed by atoms with E-state index in [1.54, 1.807) is 0 Å². The molecule has 218 valence electrons. The molecule has 0 fully saturated rings. The highest BCUT2D eigenvalue weighted by Crippen LogP contribution is 2.53. The molecule has 0 aromatic heterocycles. The van der Waals surface area contributed by atoms with E-state index in [9.17, 15) is 0 Å². The highest BCUT2D eigenvalue weighted by molar-refractivity contribution is 6.12. The van der Waals surface area contributed by atoms with Gasteiger partial charge in [0.25, 0.3) is 0 Å². The van der Waals surface area contributed by atoms with Crippen molar-refractivity contribution in [1.29, 1.82) is 0 Å². The molecule has 0 nitrogen and oxygen atoms in total. The van der Waals surface area contributed by atoms with Crippen LogP contribution in [0, 0.1) is 0 Å². The van der Waals surface area contributed by atoms with Crippen molar-refractivity contribution in [2.45, 2.75) is 6.92 Å². The lowest BCUT2D eigenvalue weighted by Gasteiger charge is -2.29. The van der Waals surface area contributed by atoms with Gasteiger partial charge in [0.1, 0.15) is 0 Å². The number of hydrogen-bond acceptors (Lipinski definition) is 0. The molecule has 45 heavy (non-hydrogen) atoms. The standard InChI is InChI=1S/C45H38/c1-5-9-24-34(8-4)40-41(35(23-7-3)25-10-6-2)43(37-28-17-12-18-29-37)45(39-32-21-14-22-33-39)44(38-30-19-13-20-31-38)42(40)36-26-15-11-16-27-36/h5-33H,1-3H2,4H3/b24-9-,25-10-,34-8+,35-23+. The van der Waals surface area contributed by atoms with E-state index in [0.717, 1.165) is 50.1 Å². The van der Waals surface area contributed by atoms with E-state index in [-0.39, 0.29) is 0 Å². The fraction of sp³-hybridized carbons (Fsp3) is 0.0222. The zero-order valence-corrected chi connectivity index (χ0v) is 25.9. The van der Waals surface area contributed by atoms with Gasteiger partial charge in [-0.05, 0) is 73.7 Å². The first kappa shape index (κ1) is 30.7. The second-order valence-corrected chi connectivity index (χ2v) is 10.5. The largest absolute Gasteiger partial charge is 0.0991 e. The zero-order valence-electron chi connectivity index (χ0n) is 25.9. The maximum absolute atomic E-state index is 4.13. The Bertz CT molecular complexity index is 1900. The van der Waals surface area contributed by atoms with E-state index >= 15 is 0 Å². The summed E-state index contributed by atoms with van der Waals surface area (Å²) >= 11 is 0. The average molecular weight is 579 g/mol. The Morgan fingerprint density at radius 1 is 0.422 bits per heavy atom. The van der Waals surface area contributed by atoms with Crippen molar-refractivity contribution >= 4 is 11.1 Å². The lowest BCUT2D eigenvalue weighted by molar-refractivity contribution is 1.47. The van der Waals surface area contributed by atoms with Crippen LogP contribution in [0.1, 0.15) is 18.1 Å². The minimum atomic E-state index is 1.04. The van der Waals surface area contributed by atoms with Crippen LogP contribution < -0.4 is 0 Å². The van der Waals surface area contributed by atoms with E-state index in [4.69, 9.17) is 0 Å². The van der Waals surface area contributed by atoms with Gasteiger partial charge in [0.05, 0.1) is 0 Å². The predicted octanol–water partition coefficient (Wildman–Crippen LogP) is 12.8. The maximum atomic E-state index is 4.13. The van der Waals surface area contributed by atoms with Crippen LogP contribution in [-0.2, 0) is 0 Å². The molecule has 0 spiro atoms. The van der Waals surface area contributed by atoms with Gasteiger partial charge in [-0.2, -0.15) is 0 Å². The van der Waals surface area contributed by atoms with Crippen LogP contribution in [0.3, 0.4) is 0 Å². The summed E-state index contributed by atoms with van der Waals surface area (Å²) in [6.07, 6.45) is 18.1. The van der Waals surface area contributed by atoms with Crippen molar-refractivity contribution in [3.8, 4) is 44.5 Å². The van der Waals surface area contributed by atoms with Crippen molar-refractivity contribution in [2.24, 2.45) is 0 Å². The fourth-order valence-corrected chi connectivity index (χ4v) is 5.92. The molecule has 0 saturated carbocycles. The second kappa shape index (κ2) is 15.1. The molecule has 0 aliphatic rings. The maximum Gasteiger partial charge on any atom is -0.00139 e. The molecule has 0 aliphatic heterocycles. The molecule has 0 aliphatic carbocycles. The Balaban J connectivity index is 2.21. The van der Waals surface area contributed by atoms with Crippen molar-refractivity contribution in [3.63, 3.8) is 0 Å². The first-order valence-corrected chi connectivity index (χ1v) is 15.3. The monoisotopic (exact) mass is 578 g/mol. The Kier molecular flexibility index (Phi) is 10.3. The van der Waals surface area contributed by atoms with Crippen LogP contribution in [0.4, 0.5) is 0 Å². The highest BCUT2D eigenvalue weighted by atomic mass is 14.3. The van der Waals surface area contributed by atoms with E-state index in [0.29, 0.717) is 0 Å². The quantitative estimate of drug-likeness (QED) is 0.137. The fourth-order valence-electron chi connectivity index (χ4n) is 5.92. The van der Waals surface area contributed by atoms with Gasteiger partial charge in [-0.25, -0.2) is 0 Å². The van der Waals surface area contributed by atoms with Gasteiger partial charge in [-0.15, -0.1) is 0 Å². The van der Waals surface area contributed by atoms with Crippen molar-refractivity contribution in [1.82, 2.24) is 0 Å². The topological polar surface area (TPSA) is 0 Å². The molecular formula is C45H38. The summed E-state index contributed by atoms with van der Waals surface area (Å²) in [5.41, 5.74) is 13.7. The van der Waals surface area contributed by atoms with Crippen molar-refractivity contribution in [2.75, 3.05) is 0 Å². The summed E-state index contributed by atoms with van der Waals surface area (Å²) in [4.78, 5) is 0. The predicted molar refractivity (Wildman–Crippen MR) is 199 cm³/mol. The smallest absolute Gasteiger partial charge is 0.00139 e. The van der Waals surface area contributed by atoms with Gasteiger partial charge in [0.15, 0.2) is 0 Å². The molecule has 5 aromatic rings. The molecule has 0 atom stereocenters. The third-order valence-corrected chi connectivity index (χ3v) is 7.76. The van der Waals surface area contributed by atoms with E-state index in [2.05, 4.69) is 172 Å². The molecule has 0 N–H and O–H groups in total. The van der Waals surface area contributed by atoms with E-state index in [1.165, 1.54) is 16.7 Å². The number of hydrogen-bond donors (Lipinski definition) is 0. The summed E-state index contributed by atoms with van der Waals surface area (Å²) < 4.78 is 0. The summed E-state index contributed by atoms with van der Waals surface area (Å²) in [6, 6.07) is 43.0. The number of allylic oxidation sites excluding steroid dienone is 11. The summed E-state index contributed by atoms with van der Waals surface area (Å²) in [7, 11) is 0. The molecule has 0 radical (unpaired) electrons. The van der Waals surface area contributed by atoms with Gasteiger partial charge in [-0.3, -0.25) is 0 Å². The lowest BCUT2D eigenvalue weighted by atomic mass is 9.73. The van der Waals surface area contributed by atoms with Crippen LogP contribution in [0.15, 0.2) is 196 Å². The molecular weight excluding hydrogens is 540 g/mol. The molecule has 0 bridgehead atoms. The van der Waals surface area contributed by atoms with Crippen LogP contribution in [-0.4, -0.2) is 0 Å². The highest BCUT2D eigenvalue weighted by Gasteiger charge is 2.29. The van der Waals surface area contributed by atoms with Gasteiger partial charge < -0.3 is 0 Å². The molecule has 5 rings (SSSR count). The van der Waals surface area contributed by atoms with Crippen LogP contribution in [0.5, 0.6) is 0 Å². The Morgan fingerprint density at radius 3 is 1.09 bits per heavy atom. The zero-order chi connectivity index (χ0) is 31.4. The Hall–Kier alpha value is -5.72. The van der Waals surface area contributed by atoms with Crippen LogP contribution in [0.2, 0.25) is 0 Å². The minimum absolute atomic E-state index is 1.04. The van der Waals surface area contributed by atoms with Gasteiger partial charge in [-0.1, -0.05) is 196 Å². The molecule has 0 unspecified atom stereocenters. The average Bonchev–Trinajstić information content (AvgIpc) is 3.11. The second-order valence-electron chi connectivity index (χ2n) is 10.5. The number of rotatable bonds is 11. The molecule has 0 heteroatoms. The minimum Gasteiger partial charge on any atom is -0.0991 e. The number of benzene rings is 5. The molecule has 5 aromatic carbocycles. The Labute approximate surface area is 268 Å². The summed E-state index contributed by atoms with van der Waals surface area (Å²) in [6.45, 7) is 14.2. The summed E-state index contributed by atoms with van der Waals surface area (Å²) in [5, 5.41) is 0. The SMILES string of the molecule is C=C/C=C\C(=C/C)c1c(C(/C=C\C=C)=C/C=C)c(-c2ccccc2)c(-c2ccccc2)c(-c2ccccc2)c1-c1ccccc1. The normalized spacial score (nSPS) is 12.0. The van der Waals surface area contributed by atoms with Gasteiger partial charge in [0.2, 0.25) is 0 Å². The van der Waals surface area contributed by atoms with Crippen molar-refractivity contribution in [3.05, 3.63) is 207 Å². The first-order valence-electron chi connectivity index (χ1n) is 15.3. The molecule has 0 heterocycles. The summed E-state index contributed by atoms with van der Waals surface area (Å²) in [5.74, 6) is 0. The van der Waals surface area contributed by atoms with E-state index < -0.39 is 0 Å². The third-order valence-electron chi connectivity index (χ3n) is 7.76.